The molecule has 0 unspecified atom stereocenters. The highest BCUT2D eigenvalue weighted by Gasteiger charge is 2.20. The molecule has 0 fully saturated rings. The van der Waals surface area contributed by atoms with E-state index in [4.69, 9.17) is 16.7 Å². The maximum Gasteiger partial charge on any atom is 0.305 e. The van der Waals surface area contributed by atoms with E-state index in [-0.39, 0.29) is 18.5 Å². The summed E-state index contributed by atoms with van der Waals surface area (Å²) >= 11 is 6.07. The van der Waals surface area contributed by atoms with Crippen LogP contribution in [0.3, 0.4) is 0 Å². The molecule has 1 aromatic carbocycles. The van der Waals surface area contributed by atoms with Crippen molar-refractivity contribution in [2.24, 2.45) is 0 Å². The zero-order chi connectivity index (χ0) is 16.8. The van der Waals surface area contributed by atoms with Crippen LogP contribution in [0, 0.1) is 0 Å². The predicted molar refractivity (Wildman–Crippen MR) is 85.3 cm³/mol. The minimum absolute atomic E-state index is 0.194. The lowest BCUT2D eigenvalue weighted by molar-refractivity contribution is -0.137. The zero-order valence-electron chi connectivity index (χ0n) is 12.1. The summed E-state index contributed by atoms with van der Waals surface area (Å²) < 4.78 is 1.24. The molecule has 0 aliphatic rings. The number of carboxylic acid groups (broad SMARTS) is 1. The summed E-state index contributed by atoms with van der Waals surface area (Å²) in [4.78, 5) is 34.8. The van der Waals surface area contributed by atoms with Gasteiger partial charge in [0.05, 0.1) is 12.5 Å². The molecule has 0 saturated carbocycles. The van der Waals surface area contributed by atoms with E-state index in [9.17, 15) is 14.4 Å². The number of pyridine rings is 1. The molecule has 2 aromatic rings. The van der Waals surface area contributed by atoms with Crippen molar-refractivity contribution >= 4 is 23.5 Å². The van der Waals surface area contributed by atoms with Crippen molar-refractivity contribution in [3.05, 3.63) is 69.6 Å². The topological polar surface area (TPSA) is 88.4 Å². The van der Waals surface area contributed by atoms with Crippen LogP contribution in [0.4, 0.5) is 0 Å². The fraction of sp³-hybridized carbons (Fsp3) is 0.188. The summed E-state index contributed by atoms with van der Waals surface area (Å²) in [6, 6.07) is 10.5. The highest BCUT2D eigenvalue weighted by atomic mass is 35.5. The molecule has 0 aliphatic carbocycles. The van der Waals surface area contributed by atoms with Gasteiger partial charge in [-0.1, -0.05) is 35.9 Å². The van der Waals surface area contributed by atoms with E-state index in [1.54, 1.807) is 36.4 Å². The number of carboxylic acids is 1. The Balaban J connectivity index is 2.16. The first-order chi connectivity index (χ1) is 11.0. The van der Waals surface area contributed by atoms with Gasteiger partial charge in [0.25, 0.3) is 5.56 Å². The summed E-state index contributed by atoms with van der Waals surface area (Å²) in [6.07, 6.45) is 1.18. The van der Waals surface area contributed by atoms with Crippen molar-refractivity contribution in [3.63, 3.8) is 0 Å². The first kappa shape index (κ1) is 16.8. The van der Waals surface area contributed by atoms with E-state index >= 15 is 0 Å². The Morgan fingerprint density at radius 2 is 1.87 bits per heavy atom. The number of nitrogens with zero attached hydrogens (tertiary/aromatic N) is 1. The molecule has 2 N–H and O–H groups in total. The third kappa shape index (κ3) is 4.69. The molecule has 6 nitrogen and oxygen atoms in total. The Hall–Kier alpha value is -2.60. The van der Waals surface area contributed by atoms with E-state index in [0.717, 1.165) is 0 Å². The van der Waals surface area contributed by atoms with Gasteiger partial charge in [-0.3, -0.25) is 14.4 Å². The van der Waals surface area contributed by atoms with Crippen LogP contribution in [0.5, 0.6) is 0 Å². The highest BCUT2D eigenvalue weighted by Crippen LogP contribution is 2.25. The Labute approximate surface area is 137 Å². The maximum absolute atomic E-state index is 12.1. The smallest absolute Gasteiger partial charge is 0.305 e. The van der Waals surface area contributed by atoms with Crippen molar-refractivity contribution in [2.45, 2.75) is 19.0 Å². The fourth-order valence-corrected chi connectivity index (χ4v) is 2.42. The van der Waals surface area contributed by atoms with Gasteiger partial charge in [0, 0.05) is 17.3 Å². The van der Waals surface area contributed by atoms with Crippen molar-refractivity contribution in [1.82, 2.24) is 9.88 Å². The van der Waals surface area contributed by atoms with E-state index in [1.807, 2.05) is 0 Å². The van der Waals surface area contributed by atoms with Gasteiger partial charge >= 0.3 is 5.97 Å². The van der Waals surface area contributed by atoms with Gasteiger partial charge in [-0.25, -0.2) is 0 Å². The first-order valence-corrected chi connectivity index (χ1v) is 7.26. The summed E-state index contributed by atoms with van der Waals surface area (Å²) in [6.45, 7) is -0.194. The summed E-state index contributed by atoms with van der Waals surface area (Å²) in [5.74, 6) is -1.53. The Morgan fingerprint density at radius 3 is 2.52 bits per heavy atom. The van der Waals surface area contributed by atoms with Crippen LogP contribution in [-0.2, 0) is 16.1 Å². The molecular weight excluding hydrogens is 320 g/mol. The van der Waals surface area contributed by atoms with Gasteiger partial charge in [0.1, 0.15) is 6.54 Å². The average Bonchev–Trinajstić information content (AvgIpc) is 2.49. The molecule has 120 valence electrons. The van der Waals surface area contributed by atoms with Crippen LogP contribution >= 0.6 is 11.6 Å². The van der Waals surface area contributed by atoms with Gasteiger partial charge in [-0.05, 0) is 17.7 Å². The summed E-state index contributed by atoms with van der Waals surface area (Å²) in [5.41, 5.74) is 0.209. The molecule has 23 heavy (non-hydrogen) atoms. The van der Waals surface area contributed by atoms with Crippen LogP contribution in [0.2, 0.25) is 5.02 Å². The molecule has 1 heterocycles. The second-order valence-corrected chi connectivity index (χ2v) is 5.31. The third-order valence-corrected chi connectivity index (χ3v) is 3.55. The number of aromatic nitrogens is 1. The number of amides is 1. The van der Waals surface area contributed by atoms with Crippen LogP contribution in [0.25, 0.3) is 0 Å². The van der Waals surface area contributed by atoms with Crippen molar-refractivity contribution in [3.8, 4) is 0 Å². The van der Waals surface area contributed by atoms with Crippen molar-refractivity contribution in [1.29, 1.82) is 0 Å². The van der Waals surface area contributed by atoms with Crippen LogP contribution < -0.4 is 10.9 Å². The standard InChI is InChI=1S/C16H15ClN2O4/c17-12-6-2-1-5-11(12)13(9-16(22)23)18-14(20)10-19-8-4-3-7-15(19)21/h1-8,13H,9-10H2,(H,18,20)(H,22,23)/t13-/m1/s1. The SMILES string of the molecule is O=C(O)C[C@@H](NC(=O)Cn1ccccc1=O)c1ccccc1Cl. The number of rotatable bonds is 6. The molecule has 1 aromatic heterocycles. The first-order valence-electron chi connectivity index (χ1n) is 6.88. The molecule has 0 saturated heterocycles. The van der Waals surface area contributed by atoms with Gasteiger partial charge < -0.3 is 15.0 Å². The second kappa shape index (κ2) is 7.60. The maximum atomic E-state index is 12.1. The van der Waals surface area contributed by atoms with Gasteiger partial charge in [0.2, 0.25) is 5.91 Å². The second-order valence-electron chi connectivity index (χ2n) is 4.91. The largest absolute Gasteiger partial charge is 0.481 e. The minimum atomic E-state index is -1.06. The number of aliphatic carboxylic acids is 1. The monoisotopic (exact) mass is 334 g/mol. The highest BCUT2D eigenvalue weighted by molar-refractivity contribution is 6.31. The molecule has 0 radical (unpaired) electrons. The minimum Gasteiger partial charge on any atom is -0.481 e. The molecular formula is C16H15ClN2O4. The van der Waals surface area contributed by atoms with Crippen molar-refractivity contribution < 1.29 is 14.7 Å². The number of hydrogen-bond acceptors (Lipinski definition) is 3. The van der Waals surface area contributed by atoms with Gasteiger partial charge in [0.15, 0.2) is 0 Å². The number of halogens is 1. The summed E-state index contributed by atoms with van der Waals surface area (Å²) in [7, 11) is 0. The summed E-state index contributed by atoms with van der Waals surface area (Å²) in [5, 5.41) is 12.0. The Bertz CT molecular complexity index is 772. The molecule has 1 atom stereocenters. The number of carbonyl (C=O) groups is 2. The number of nitrogens with one attached hydrogen (secondary N) is 1. The van der Waals surface area contributed by atoms with Gasteiger partial charge in [-0.2, -0.15) is 0 Å². The van der Waals surface area contributed by atoms with E-state index < -0.39 is 17.9 Å². The Kier molecular flexibility index (Phi) is 5.54. The normalized spacial score (nSPS) is 11.7. The van der Waals surface area contributed by atoms with E-state index in [0.29, 0.717) is 10.6 Å². The number of carbonyl (C=O) groups excluding carboxylic acids is 1. The average molecular weight is 335 g/mol. The molecule has 1 amide bonds. The lowest BCUT2D eigenvalue weighted by Crippen LogP contribution is -2.35. The molecule has 7 heteroatoms. The molecule has 2 rings (SSSR count). The third-order valence-electron chi connectivity index (χ3n) is 3.21. The van der Waals surface area contributed by atoms with Gasteiger partial charge in [-0.15, -0.1) is 0 Å². The number of benzene rings is 1. The lowest BCUT2D eigenvalue weighted by atomic mass is 10.0. The van der Waals surface area contributed by atoms with Crippen LogP contribution in [0.15, 0.2) is 53.5 Å². The zero-order valence-corrected chi connectivity index (χ0v) is 12.9. The quantitative estimate of drug-likeness (QED) is 0.843. The molecule has 0 spiro atoms. The molecule has 0 aliphatic heterocycles. The van der Waals surface area contributed by atoms with Crippen LogP contribution in [-0.4, -0.2) is 21.6 Å². The van der Waals surface area contributed by atoms with E-state index in [2.05, 4.69) is 5.32 Å². The van der Waals surface area contributed by atoms with E-state index in [1.165, 1.54) is 16.8 Å². The lowest BCUT2D eigenvalue weighted by Gasteiger charge is -2.19. The van der Waals surface area contributed by atoms with Crippen molar-refractivity contribution in [2.75, 3.05) is 0 Å². The molecule has 0 bridgehead atoms. The van der Waals surface area contributed by atoms with Crippen LogP contribution in [0.1, 0.15) is 18.0 Å². The predicted octanol–water partition coefficient (Wildman–Crippen LogP) is 1.83. The Morgan fingerprint density at radius 1 is 1.17 bits per heavy atom. The fourth-order valence-electron chi connectivity index (χ4n) is 2.16. The number of hydrogen-bond donors (Lipinski definition) is 2.